The van der Waals surface area contributed by atoms with Crippen molar-refractivity contribution in [2.24, 2.45) is 5.92 Å². The molecule has 19 heavy (non-hydrogen) atoms. The van der Waals surface area contributed by atoms with E-state index >= 15 is 0 Å². The monoisotopic (exact) mass is 274 g/mol. The molecule has 1 fully saturated rings. The summed E-state index contributed by atoms with van der Waals surface area (Å²) in [7, 11) is 0. The first kappa shape index (κ1) is 13.9. The van der Waals surface area contributed by atoms with Crippen molar-refractivity contribution in [3.05, 3.63) is 11.9 Å². The van der Waals surface area contributed by atoms with Gasteiger partial charge in [-0.1, -0.05) is 0 Å². The second kappa shape index (κ2) is 4.86. The van der Waals surface area contributed by atoms with E-state index < -0.39 is 12.0 Å². The van der Waals surface area contributed by atoms with Gasteiger partial charge in [0.15, 0.2) is 0 Å². The highest BCUT2D eigenvalue weighted by Gasteiger charge is 2.36. The van der Waals surface area contributed by atoms with Crippen LogP contribution in [0.15, 0.2) is 6.07 Å². The molecule has 1 aliphatic rings. The molecule has 1 aromatic heterocycles. The van der Waals surface area contributed by atoms with Crippen LogP contribution in [0.1, 0.15) is 32.5 Å². The minimum atomic E-state index is -4.58. The highest BCUT2D eigenvalue weighted by atomic mass is 19.4. The Balaban J connectivity index is 2.32. The highest BCUT2D eigenvalue weighted by molar-refractivity contribution is 5.48. The van der Waals surface area contributed by atoms with Crippen molar-refractivity contribution >= 4 is 11.6 Å². The Morgan fingerprint density at radius 3 is 2.47 bits per heavy atom. The summed E-state index contributed by atoms with van der Waals surface area (Å²) in [6, 6.07) is 1.47. The lowest BCUT2D eigenvalue weighted by atomic mass is 10.2. The molecular formula is C12H17F3N4. The van der Waals surface area contributed by atoms with Crippen LogP contribution in [-0.2, 0) is 6.18 Å². The van der Waals surface area contributed by atoms with E-state index in [0.717, 1.165) is 12.8 Å². The van der Waals surface area contributed by atoms with E-state index in [1.54, 1.807) is 0 Å². The van der Waals surface area contributed by atoms with E-state index in [4.69, 9.17) is 5.73 Å². The van der Waals surface area contributed by atoms with Gasteiger partial charge in [0.2, 0.25) is 5.82 Å². The third-order valence-electron chi connectivity index (χ3n) is 3.06. The lowest BCUT2D eigenvalue weighted by Gasteiger charge is -2.28. The average Bonchev–Trinajstić information content (AvgIpc) is 3.07. The number of aromatic nitrogens is 2. The second-order valence-corrected chi connectivity index (χ2v) is 5.16. The summed E-state index contributed by atoms with van der Waals surface area (Å²) in [5.41, 5.74) is 5.46. The van der Waals surface area contributed by atoms with Crippen LogP contribution >= 0.6 is 0 Å². The van der Waals surface area contributed by atoms with Crippen LogP contribution in [-0.4, -0.2) is 22.6 Å². The maximum absolute atomic E-state index is 12.7. The Bertz CT molecular complexity index is 455. The Labute approximate surface area is 109 Å². The van der Waals surface area contributed by atoms with Crippen LogP contribution in [0, 0.1) is 5.92 Å². The second-order valence-electron chi connectivity index (χ2n) is 5.16. The maximum atomic E-state index is 12.7. The molecule has 2 N–H and O–H groups in total. The molecule has 0 amide bonds. The van der Waals surface area contributed by atoms with Gasteiger partial charge in [-0.3, -0.25) is 0 Å². The molecule has 0 radical (unpaired) electrons. The number of nitrogen functional groups attached to an aromatic ring is 1. The number of anilines is 2. The quantitative estimate of drug-likeness (QED) is 0.917. The van der Waals surface area contributed by atoms with Gasteiger partial charge in [-0.25, -0.2) is 9.97 Å². The molecule has 7 heteroatoms. The largest absolute Gasteiger partial charge is 0.451 e. The van der Waals surface area contributed by atoms with Gasteiger partial charge in [0, 0.05) is 18.7 Å². The zero-order valence-corrected chi connectivity index (χ0v) is 10.9. The van der Waals surface area contributed by atoms with Crippen LogP contribution in [0.2, 0.25) is 0 Å². The summed E-state index contributed by atoms with van der Waals surface area (Å²) >= 11 is 0. The Kier molecular flexibility index (Phi) is 3.56. The van der Waals surface area contributed by atoms with Crippen molar-refractivity contribution in [3.63, 3.8) is 0 Å². The van der Waals surface area contributed by atoms with Gasteiger partial charge in [-0.05, 0) is 32.6 Å². The van der Waals surface area contributed by atoms with E-state index in [1.165, 1.54) is 6.07 Å². The number of hydrogen-bond acceptors (Lipinski definition) is 4. The molecule has 0 bridgehead atoms. The van der Waals surface area contributed by atoms with E-state index in [-0.39, 0.29) is 17.7 Å². The van der Waals surface area contributed by atoms with Crippen LogP contribution in [0.25, 0.3) is 0 Å². The number of nitrogens with zero attached hydrogens (tertiary/aromatic N) is 3. The summed E-state index contributed by atoms with van der Waals surface area (Å²) in [5, 5.41) is 0. The summed E-state index contributed by atoms with van der Waals surface area (Å²) in [6.45, 7) is 4.56. The smallest absolute Gasteiger partial charge is 0.384 e. The summed E-state index contributed by atoms with van der Waals surface area (Å²) in [4.78, 5) is 8.73. The van der Waals surface area contributed by atoms with Gasteiger partial charge in [0.1, 0.15) is 11.6 Å². The van der Waals surface area contributed by atoms with E-state index in [2.05, 4.69) is 9.97 Å². The molecule has 0 saturated heterocycles. The van der Waals surface area contributed by atoms with Gasteiger partial charge in [-0.2, -0.15) is 13.2 Å². The molecule has 2 rings (SSSR count). The van der Waals surface area contributed by atoms with Crippen LogP contribution in [0.5, 0.6) is 0 Å². The normalized spacial score (nSPS) is 15.9. The minimum absolute atomic E-state index is 0.0657. The first-order valence-electron chi connectivity index (χ1n) is 6.25. The molecule has 0 aliphatic heterocycles. The van der Waals surface area contributed by atoms with Crippen molar-refractivity contribution in [3.8, 4) is 0 Å². The van der Waals surface area contributed by atoms with E-state index in [1.807, 2.05) is 18.7 Å². The number of nitrogens with two attached hydrogens (primary N) is 1. The van der Waals surface area contributed by atoms with Gasteiger partial charge in [0.25, 0.3) is 0 Å². The van der Waals surface area contributed by atoms with Crippen molar-refractivity contribution in [1.29, 1.82) is 0 Å². The minimum Gasteiger partial charge on any atom is -0.384 e. The summed E-state index contributed by atoms with van der Waals surface area (Å²) in [6.07, 6.45) is -2.34. The maximum Gasteiger partial charge on any atom is 0.451 e. The third-order valence-corrected chi connectivity index (χ3v) is 3.06. The van der Waals surface area contributed by atoms with Gasteiger partial charge in [0.05, 0.1) is 0 Å². The van der Waals surface area contributed by atoms with Crippen molar-refractivity contribution in [1.82, 2.24) is 9.97 Å². The van der Waals surface area contributed by atoms with Crippen molar-refractivity contribution in [2.75, 3.05) is 17.2 Å². The summed E-state index contributed by atoms with van der Waals surface area (Å²) < 4.78 is 38.1. The number of halogens is 3. The fourth-order valence-corrected chi connectivity index (χ4v) is 1.87. The fourth-order valence-electron chi connectivity index (χ4n) is 1.87. The standard InChI is InChI=1S/C12H17F3N4/c1-7(2)19(6-8-3-4-8)10-5-9(16)17-11(18-10)12(13,14)15/h5,7-8H,3-4,6H2,1-2H3,(H2,16,17,18). The molecule has 1 heterocycles. The molecule has 4 nitrogen and oxygen atoms in total. The number of rotatable bonds is 4. The SMILES string of the molecule is CC(C)N(CC1CC1)c1cc(N)nc(C(F)(F)F)n1. The molecule has 106 valence electrons. The van der Waals surface area contributed by atoms with Crippen LogP contribution in [0.3, 0.4) is 0 Å². The molecule has 0 unspecified atom stereocenters. The first-order valence-corrected chi connectivity index (χ1v) is 6.25. The third kappa shape index (κ3) is 3.48. The Morgan fingerprint density at radius 1 is 1.37 bits per heavy atom. The Morgan fingerprint density at radius 2 is 2.00 bits per heavy atom. The predicted molar refractivity (Wildman–Crippen MR) is 66.7 cm³/mol. The fraction of sp³-hybridized carbons (Fsp3) is 0.667. The number of hydrogen-bond donors (Lipinski definition) is 1. The van der Waals surface area contributed by atoms with Crippen LogP contribution in [0.4, 0.5) is 24.8 Å². The van der Waals surface area contributed by atoms with E-state index in [9.17, 15) is 13.2 Å². The molecule has 0 aromatic carbocycles. The molecule has 0 atom stereocenters. The van der Waals surface area contributed by atoms with Gasteiger partial charge in [-0.15, -0.1) is 0 Å². The first-order chi connectivity index (χ1) is 8.77. The lowest BCUT2D eigenvalue weighted by Crippen LogP contribution is -2.34. The van der Waals surface area contributed by atoms with Crippen LogP contribution < -0.4 is 10.6 Å². The summed E-state index contributed by atoms with van der Waals surface area (Å²) in [5.74, 6) is -0.530. The molecule has 1 aromatic rings. The topological polar surface area (TPSA) is 55.0 Å². The molecule has 1 aliphatic carbocycles. The van der Waals surface area contributed by atoms with Crippen molar-refractivity contribution < 1.29 is 13.2 Å². The van der Waals surface area contributed by atoms with Crippen molar-refractivity contribution in [2.45, 2.75) is 38.9 Å². The predicted octanol–water partition coefficient (Wildman–Crippen LogP) is 2.70. The number of alkyl halides is 3. The molecular weight excluding hydrogens is 257 g/mol. The highest BCUT2D eigenvalue weighted by Crippen LogP contribution is 2.33. The van der Waals surface area contributed by atoms with Gasteiger partial charge < -0.3 is 10.6 Å². The zero-order valence-electron chi connectivity index (χ0n) is 10.9. The average molecular weight is 274 g/mol. The Hall–Kier alpha value is -1.53. The zero-order chi connectivity index (χ0) is 14.2. The van der Waals surface area contributed by atoms with Gasteiger partial charge >= 0.3 is 6.18 Å². The molecule has 1 saturated carbocycles. The molecule has 0 spiro atoms. The van der Waals surface area contributed by atoms with E-state index in [0.29, 0.717) is 12.5 Å². The lowest BCUT2D eigenvalue weighted by molar-refractivity contribution is -0.144.